The lowest BCUT2D eigenvalue weighted by Crippen LogP contribution is -2.35. The van der Waals surface area contributed by atoms with Crippen molar-refractivity contribution in [3.8, 4) is 5.75 Å². The first-order valence-corrected chi connectivity index (χ1v) is 11.6. The fraction of sp³-hybridized carbons (Fsp3) is 0.143. The third kappa shape index (κ3) is 3.16. The molecule has 30 heavy (non-hydrogen) atoms. The van der Waals surface area contributed by atoms with Crippen LogP contribution in [-0.4, -0.2) is 32.2 Å². The van der Waals surface area contributed by atoms with Crippen molar-refractivity contribution in [3.05, 3.63) is 70.9 Å². The van der Waals surface area contributed by atoms with Crippen LogP contribution < -0.4 is 13.9 Å². The molecular formula is C21H18N4O3S2. The smallest absolute Gasteiger partial charge is 0.267 e. The highest BCUT2D eigenvalue weighted by molar-refractivity contribution is 7.92. The highest BCUT2D eigenvalue weighted by Crippen LogP contribution is 2.38. The molecule has 0 unspecified atom stereocenters. The summed E-state index contributed by atoms with van der Waals surface area (Å²) < 4.78 is 33.4. The van der Waals surface area contributed by atoms with Gasteiger partial charge in [-0.3, -0.25) is 0 Å². The van der Waals surface area contributed by atoms with Gasteiger partial charge in [-0.05, 0) is 47.8 Å². The second kappa shape index (κ2) is 7.26. The number of rotatable bonds is 5. The largest absolute Gasteiger partial charge is 0.497 e. The molecule has 3 heterocycles. The van der Waals surface area contributed by atoms with Crippen molar-refractivity contribution in [1.29, 1.82) is 0 Å². The Morgan fingerprint density at radius 3 is 2.30 bits per heavy atom. The van der Waals surface area contributed by atoms with E-state index in [0.717, 1.165) is 10.4 Å². The molecule has 1 aliphatic heterocycles. The van der Waals surface area contributed by atoms with E-state index in [1.165, 1.54) is 4.31 Å². The summed E-state index contributed by atoms with van der Waals surface area (Å²) in [7, 11) is -2.28. The van der Waals surface area contributed by atoms with Crippen LogP contribution in [-0.2, 0) is 16.6 Å². The zero-order valence-corrected chi connectivity index (χ0v) is 17.7. The first-order valence-electron chi connectivity index (χ1n) is 9.27. The predicted octanol–water partition coefficient (Wildman–Crippen LogP) is 3.87. The molecule has 0 amide bonds. The molecule has 7 nitrogen and oxygen atoms in total. The summed E-state index contributed by atoms with van der Waals surface area (Å²) in [6.07, 6.45) is 0. The van der Waals surface area contributed by atoms with Crippen LogP contribution in [0.15, 0.2) is 70.9 Å². The quantitative estimate of drug-likeness (QED) is 0.471. The molecule has 0 spiro atoms. The zero-order chi connectivity index (χ0) is 20.7. The summed E-state index contributed by atoms with van der Waals surface area (Å²) in [5.74, 6) is 1.51. The molecule has 0 saturated heterocycles. The Morgan fingerprint density at radius 1 is 0.967 bits per heavy atom. The van der Waals surface area contributed by atoms with E-state index < -0.39 is 10.0 Å². The molecule has 1 aliphatic rings. The van der Waals surface area contributed by atoms with Crippen molar-refractivity contribution in [2.75, 3.05) is 23.0 Å². The molecule has 0 fully saturated rings. The third-order valence-corrected chi connectivity index (χ3v) is 7.54. The summed E-state index contributed by atoms with van der Waals surface area (Å²) in [6.45, 7) is 0.713. The van der Waals surface area contributed by atoms with Crippen LogP contribution >= 0.6 is 11.3 Å². The second-order valence-electron chi connectivity index (χ2n) is 6.81. The minimum Gasteiger partial charge on any atom is -0.497 e. The van der Waals surface area contributed by atoms with Crippen LogP contribution in [0.2, 0.25) is 0 Å². The fourth-order valence-corrected chi connectivity index (χ4v) is 5.53. The van der Waals surface area contributed by atoms with Crippen LogP contribution in [0.25, 0.3) is 11.0 Å². The number of fused-ring (bicyclic) bond motifs is 2. The molecule has 0 aliphatic carbocycles. The van der Waals surface area contributed by atoms with Gasteiger partial charge in [0.2, 0.25) is 0 Å². The maximum atomic E-state index is 13.5. The summed E-state index contributed by atoms with van der Waals surface area (Å²) in [4.78, 5) is 12.7. The van der Waals surface area contributed by atoms with Crippen molar-refractivity contribution < 1.29 is 13.2 Å². The molecule has 0 saturated carbocycles. The molecule has 5 rings (SSSR count). The van der Waals surface area contributed by atoms with Gasteiger partial charge >= 0.3 is 0 Å². The van der Waals surface area contributed by atoms with Gasteiger partial charge in [0.05, 0.1) is 29.6 Å². The molecule has 0 radical (unpaired) electrons. The number of hydrogen-bond donors (Lipinski definition) is 0. The maximum absolute atomic E-state index is 13.5. The minimum absolute atomic E-state index is 0.151. The Balaban J connectivity index is 1.61. The van der Waals surface area contributed by atoms with Crippen molar-refractivity contribution in [1.82, 2.24) is 9.97 Å². The lowest BCUT2D eigenvalue weighted by molar-refractivity contribution is 0.414. The van der Waals surface area contributed by atoms with Gasteiger partial charge in [-0.25, -0.2) is 22.7 Å². The van der Waals surface area contributed by atoms with Crippen LogP contribution in [0, 0.1) is 0 Å². The molecule has 2 aromatic heterocycles. The van der Waals surface area contributed by atoms with E-state index in [9.17, 15) is 8.42 Å². The highest BCUT2D eigenvalue weighted by Gasteiger charge is 2.38. The Bertz CT molecular complexity index is 1310. The van der Waals surface area contributed by atoms with Gasteiger partial charge in [-0.15, -0.1) is 11.3 Å². The van der Waals surface area contributed by atoms with E-state index in [0.29, 0.717) is 29.4 Å². The first kappa shape index (κ1) is 18.8. The van der Waals surface area contributed by atoms with E-state index in [2.05, 4.69) is 4.98 Å². The molecule has 152 valence electrons. The lowest BCUT2D eigenvalue weighted by Gasteiger charge is -2.20. The Morgan fingerprint density at radius 2 is 1.67 bits per heavy atom. The van der Waals surface area contributed by atoms with E-state index >= 15 is 0 Å². The van der Waals surface area contributed by atoms with Crippen molar-refractivity contribution in [2.24, 2.45) is 0 Å². The number of para-hydroxylation sites is 2. The highest BCUT2D eigenvalue weighted by atomic mass is 32.2. The molecule has 0 N–H and O–H groups in total. The lowest BCUT2D eigenvalue weighted by atomic mass is 10.3. The molecule has 2 aromatic carbocycles. The summed E-state index contributed by atoms with van der Waals surface area (Å²) in [6, 6.07) is 17.9. The van der Waals surface area contributed by atoms with Gasteiger partial charge in [0.15, 0.2) is 11.6 Å². The third-order valence-electron chi connectivity index (χ3n) is 4.94. The zero-order valence-electron chi connectivity index (χ0n) is 16.1. The molecule has 9 heteroatoms. The van der Waals surface area contributed by atoms with Gasteiger partial charge < -0.3 is 9.64 Å². The first-order chi connectivity index (χ1) is 14.6. The average Bonchev–Trinajstić information content (AvgIpc) is 3.41. The topological polar surface area (TPSA) is 75.6 Å². The van der Waals surface area contributed by atoms with E-state index in [4.69, 9.17) is 9.72 Å². The van der Waals surface area contributed by atoms with Crippen molar-refractivity contribution >= 4 is 44.0 Å². The Kier molecular flexibility index (Phi) is 4.56. The SMILES string of the molecule is COc1ccc(S(=O)(=O)N2CN(Cc3cccs3)c3nc4ccccc4nc32)cc1. The van der Waals surface area contributed by atoms with Gasteiger partial charge in [0.1, 0.15) is 12.4 Å². The van der Waals surface area contributed by atoms with Gasteiger partial charge in [-0.1, -0.05) is 18.2 Å². The summed E-state index contributed by atoms with van der Waals surface area (Å²) in [5.41, 5.74) is 1.39. The molecule has 0 bridgehead atoms. The minimum atomic E-state index is -3.82. The van der Waals surface area contributed by atoms with E-state index in [1.54, 1.807) is 42.7 Å². The van der Waals surface area contributed by atoms with E-state index in [-0.39, 0.29) is 11.6 Å². The van der Waals surface area contributed by atoms with Crippen molar-refractivity contribution in [2.45, 2.75) is 11.4 Å². The second-order valence-corrected chi connectivity index (χ2v) is 9.70. The van der Waals surface area contributed by atoms with Crippen LogP contribution in [0.5, 0.6) is 5.75 Å². The summed E-state index contributed by atoms with van der Waals surface area (Å²) >= 11 is 1.63. The van der Waals surface area contributed by atoms with Crippen LogP contribution in [0.3, 0.4) is 0 Å². The molecule has 0 atom stereocenters. The Hall–Kier alpha value is -3.17. The van der Waals surface area contributed by atoms with Crippen LogP contribution in [0.4, 0.5) is 11.6 Å². The van der Waals surface area contributed by atoms with Crippen molar-refractivity contribution in [3.63, 3.8) is 0 Å². The number of methoxy groups -OCH3 is 1. The summed E-state index contributed by atoms with van der Waals surface area (Å²) in [5, 5.41) is 2.00. The number of aromatic nitrogens is 2. The van der Waals surface area contributed by atoms with Crippen LogP contribution in [0.1, 0.15) is 4.88 Å². The molecule has 4 aromatic rings. The monoisotopic (exact) mass is 438 g/mol. The average molecular weight is 439 g/mol. The van der Waals surface area contributed by atoms with Gasteiger partial charge in [-0.2, -0.15) is 0 Å². The standard InChI is InChI=1S/C21H18N4O3S2/c1-28-15-8-10-17(11-9-15)30(26,27)25-14-24(13-16-5-4-12-29-16)20-21(25)23-19-7-3-2-6-18(19)22-20/h2-12H,13-14H2,1H3. The number of anilines is 2. The number of thiophene rings is 1. The molecular weight excluding hydrogens is 420 g/mol. The fourth-order valence-electron chi connectivity index (χ4n) is 3.43. The van der Waals surface area contributed by atoms with E-state index in [1.807, 2.05) is 46.7 Å². The Labute approximate surface area is 178 Å². The number of benzene rings is 2. The number of hydrogen-bond acceptors (Lipinski definition) is 7. The van der Waals surface area contributed by atoms with Gasteiger partial charge in [0, 0.05) is 4.88 Å². The number of nitrogens with zero attached hydrogens (tertiary/aromatic N) is 4. The van der Waals surface area contributed by atoms with Gasteiger partial charge in [0.25, 0.3) is 10.0 Å². The number of ether oxygens (including phenoxy) is 1. The normalized spacial score (nSPS) is 13.6. The maximum Gasteiger partial charge on any atom is 0.267 e. The predicted molar refractivity (Wildman–Crippen MR) is 118 cm³/mol. The number of sulfonamides is 1.